The number of likely N-dealkylation sites (N-methyl/N-ethyl adjacent to an activating group) is 1. The number of halogens is 3. The summed E-state index contributed by atoms with van der Waals surface area (Å²) in [7, 11) is 1.29. The molecule has 0 unspecified atom stereocenters. The first-order valence-electron chi connectivity index (χ1n) is 6.79. The van der Waals surface area contributed by atoms with Gasteiger partial charge in [-0.05, 0) is 29.8 Å². The molecule has 0 radical (unpaired) electrons. The Labute approximate surface area is 135 Å². The maximum absolute atomic E-state index is 13.7. The van der Waals surface area contributed by atoms with Gasteiger partial charge in [0.15, 0.2) is 11.6 Å². The Bertz CT molecular complexity index is 796. The predicted octanol–water partition coefficient (Wildman–Crippen LogP) is 2.03. The van der Waals surface area contributed by atoms with Crippen molar-refractivity contribution in [1.29, 1.82) is 0 Å². The van der Waals surface area contributed by atoms with E-state index in [4.69, 9.17) is 5.11 Å². The highest BCUT2D eigenvalue weighted by molar-refractivity contribution is 5.98. The van der Waals surface area contributed by atoms with E-state index in [0.29, 0.717) is 0 Å². The van der Waals surface area contributed by atoms with Gasteiger partial charge in [-0.2, -0.15) is 0 Å². The summed E-state index contributed by atoms with van der Waals surface area (Å²) in [6.07, 6.45) is 0. The molecule has 5 nitrogen and oxygen atoms in total. The van der Waals surface area contributed by atoms with E-state index in [0.717, 1.165) is 36.4 Å². The Morgan fingerprint density at radius 2 is 1.71 bits per heavy atom. The first-order valence-corrected chi connectivity index (χ1v) is 6.79. The third-order valence-electron chi connectivity index (χ3n) is 3.26. The number of amides is 2. The lowest BCUT2D eigenvalue weighted by molar-refractivity contribution is -0.122. The predicted molar refractivity (Wildman–Crippen MR) is 78.7 cm³/mol. The van der Waals surface area contributed by atoms with Crippen LogP contribution in [0.15, 0.2) is 36.4 Å². The number of carbonyl (C=O) groups excluding carboxylic acids is 2. The lowest BCUT2D eigenvalue weighted by Gasteiger charge is -2.18. The quantitative estimate of drug-likeness (QED) is 0.798. The summed E-state index contributed by atoms with van der Waals surface area (Å²) in [4.78, 5) is 24.1. The van der Waals surface area contributed by atoms with Gasteiger partial charge in [0.25, 0.3) is 5.91 Å². The van der Waals surface area contributed by atoms with E-state index in [1.165, 1.54) is 7.05 Å². The number of aromatic hydroxyl groups is 1. The molecular formula is C16H13F3N2O3. The standard InChI is InChI=1S/C16H13F3N2O3/c1-20-16(24)14(8-2-5-11(17)13(19)6-8)21-15(23)10-4-3-9(22)7-12(10)18/h2-7,14,22H,1H3,(H,20,24)(H,21,23)/t14-/m1/s1. The number of benzene rings is 2. The van der Waals surface area contributed by atoms with Crippen molar-refractivity contribution in [2.45, 2.75) is 6.04 Å². The lowest BCUT2D eigenvalue weighted by Crippen LogP contribution is -2.39. The first-order chi connectivity index (χ1) is 11.3. The van der Waals surface area contributed by atoms with Crippen molar-refractivity contribution < 1.29 is 27.9 Å². The molecule has 0 spiro atoms. The van der Waals surface area contributed by atoms with Crippen LogP contribution in [0.3, 0.4) is 0 Å². The fourth-order valence-electron chi connectivity index (χ4n) is 2.03. The minimum absolute atomic E-state index is 0.0132. The van der Waals surface area contributed by atoms with Gasteiger partial charge in [-0.1, -0.05) is 6.07 Å². The molecule has 2 aromatic carbocycles. The van der Waals surface area contributed by atoms with Crippen molar-refractivity contribution in [2.75, 3.05) is 7.05 Å². The van der Waals surface area contributed by atoms with Gasteiger partial charge in [0.1, 0.15) is 17.6 Å². The van der Waals surface area contributed by atoms with Crippen LogP contribution in [0.5, 0.6) is 5.75 Å². The summed E-state index contributed by atoms with van der Waals surface area (Å²) < 4.78 is 40.1. The lowest BCUT2D eigenvalue weighted by atomic mass is 10.0. The van der Waals surface area contributed by atoms with Crippen molar-refractivity contribution in [2.24, 2.45) is 0 Å². The Balaban J connectivity index is 2.33. The van der Waals surface area contributed by atoms with Crippen molar-refractivity contribution in [3.63, 3.8) is 0 Å². The largest absolute Gasteiger partial charge is 0.508 e. The van der Waals surface area contributed by atoms with Crippen LogP contribution in [0.2, 0.25) is 0 Å². The number of hydrogen-bond acceptors (Lipinski definition) is 3. The number of phenols is 1. The maximum Gasteiger partial charge on any atom is 0.255 e. The minimum atomic E-state index is -1.36. The van der Waals surface area contributed by atoms with Crippen molar-refractivity contribution in [3.8, 4) is 5.75 Å². The van der Waals surface area contributed by atoms with E-state index >= 15 is 0 Å². The molecule has 126 valence electrons. The first kappa shape index (κ1) is 17.3. The third kappa shape index (κ3) is 3.65. The van der Waals surface area contributed by atoms with Crippen LogP contribution in [-0.2, 0) is 4.79 Å². The van der Waals surface area contributed by atoms with Gasteiger partial charge in [0.2, 0.25) is 5.91 Å². The molecular weight excluding hydrogens is 325 g/mol. The van der Waals surface area contributed by atoms with Gasteiger partial charge < -0.3 is 15.7 Å². The second kappa shape index (κ2) is 7.03. The molecule has 0 saturated carbocycles. The van der Waals surface area contributed by atoms with E-state index in [9.17, 15) is 22.8 Å². The number of hydrogen-bond donors (Lipinski definition) is 3. The van der Waals surface area contributed by atoms with Gasteiger partial charge in [0.05, 0.1) is 5.56 Å². The fourth-order valence-corrected chi connectivity index (χ4v) is 2.03. The number of rotatable bonds is 4. The van der Waals surface area contributed by atoms with E-state index in [-0.39, 0.29) is 11.3 Å². The van der Waals surface area contributed by atoms with Crippen LogP contribution in [0.25, 0.3) is 0 Å². The molecule has 0 aliphatic heterocycles. The third-order valence-corrected chi connectivity index (χ3v) is 3.26. The Kier molecular flexibility index (Phi) is 5.08. The van der Waals surface area contributed by atoms with Crippen molar-refractivity contribution >= 4 is 11.8 Å². The van der Waals surface area contributed by atoms with Crippen LogP contribution in [0, 0.1) is 17.5 Å². The monoisotopic (exact) mass is 338 g/mol. The van der Waals surface area contributed by atoms with Crippen LogP contribution in [-0.4, -0.2) is 24.0 Å². The zero-order chi connectivity index (χ0) is 17.9. The summed E-state index contributed by atoms with van der Waals surface area (Å²) in [5.41, 5.74) is -0.426. The SMILES string of the molecule is CNC(=O)[C@H](NC(=O)c1ccc(O)cc1F)c1ccc(F)c(F)c1. The minimum Gasteiger partial charge on any atom is -0.508 e. The van der Waals surface area contributed by atoms with Crippen LogP contribution >= 0.6 is 0 Å². The Morgan fingerprint density at radius 3 is 2.29 bits per heavy atom. The van der Waals surface area contributed by atoms with Crippen LogP contribution < -0.4 is 10.6 Å². The molecule has 24 heavy (non-hydrogen) atoms. The van der Waals surface area contributed by atoms with E-state index in [1.807, 2.05) is 0 Å². The highest BCUT2D eigenvalue weighted by Crippen LogP contribution is 2.19. The molecule has 0 saturated heterocycles. The summed E-state index contributed by atoms with van der Waals surface area (Å²) in [6.45, 7) is 0. The second-order valence-corrected chi connectivity index (χ2v) is 4.86. The fraction of sp³-hybridized carbons (Fsp3) is 0.125. The van der Waals surface area contributed by atoms with E-state index < -0.39 is 40.9 Å². The molecule has 0 heterocycles. The highest BCUT2D eigenvalue weighted by Gasteiger charge is 2.24. The van der Waals surface area contributed by atoms with Gasteiger partial charge in [-0.15, -0.1) is 0 Å². The van der Waals surface area contributed by atoms with Crippen molar-refractivity contribution in [3.05, 3.63) is 65.0 Å². The zero-order valence-corrected chi connectivity index (χ0v) is 12.4. The summed E-state index contributed by atoms with van der Waals surface area (Å²) in [6, 6.07) is 4.23. The van der Waals surface area contributed by atoms with E-state index in [2.05, 4.69) is 10.6 Å². The van der Waals surface area contributed by atoms with Crippen LogP contribution in [0.4, 0.5) is 13.2 Å². The van der Waals surface area contributed by atoms with Crippen molar-refractivity contribution in [1.82, 2.24) is 10.6 Å². The van der Waals surface area contributed by atoms with Gasteiger partial charge in [-0.25, -0.2) is 13.2 Å². The molecule has 2 rings (SSSR count). The normalized spacial score (nSPS) is 11.7. The molecule has 0 bridgehead atoms. The second-order valence-electron chi connectivity index (χ2n) is 4.86. The average Bonchev–Trinajstić information content (AvgIpc) is 2.54. The highest BCUT2D eigenvalue weighted by atomic mass is 19.2. The average molecular weight is 338 g/mol. The van der Waals surface area contributed by atoms with Gasteiger partial charge >= 0.3 is 0 Å². The number of carbonyl (C=O) groups is 2. The molecule has 0 aromatic heterocycles. The van der Waals surface area contributed by atoms with Gasteiger partial charge in [0, 0.05) is 13.1 Å². The molecule has 0 fully saturated rings. The number of phenolic OH excluding ortho intramolecular Hbond substituents is 1. The number of nitrogens with one attached hydrogen (secondary N) is 2. The molecule has 1 atom stereocenters. The summed E-state index contributed by atoms with van der Waals surface area (Å²) >= 11 is 0. The van der Waals surface area contributed by atoms with Crippen LogP contribution in [0.1, 0.15) is 22.0 Å². The zero-order valence-electron chi connectivity index (χ0n) is 12.4. The summed E-state index contributed by atoms with van der Waals surface area (Å²) in [5.74, 6) is -5.31. The molecule has 8 heteroatoms. The maximum atomic E-state index is 13.7. The Morgan fingerprint density at radius 1 is 1.00 bits per heavy atom. The molecule has 3 N–H and O–H groups in total. The molecule has 2 aromatic rings. The smallest absolute Gasteiger partial charge is 0.255 e. The van der Waals surface area contributed by atoms with E-state index in [1.54, 1.807) is 0 Å². The molecule has 0 aliphatic rings. The van der Waals surface area contributed by atoms with Gasteiger partial charge in [-0.3, -0.25) is 9.59 Å². The Hall–Kier alpha value is -3.03. The molecule has 2 amide bonds. The topological polar surface area (TPSA) is 78.4 Å². The molecule has 0 aliphatic carbocycles. The summed E-state index contributed by atoms with van der Waals surface area (Å²) in [5, 5.41) is 13.7.